The molecule has 3 nitrogen and oxygen atoms in total. The fourth-order valence-electron chi connectivity index (χ4n) is 8.25. The number of benzene rings is 9. The molecule has 55 heavy (non-hydrogen) atoms. The Balaban J connectivity index is 1.03. The molecule has 2 aromatic heterocycles. The van der Waals surface area contributed by atoms with Gasteiger partial charge in [-0.15, -0.1) is 0 Å². The van der Waals surface area contributed by atoms with E-state index >= 15 is 0 Å². The van der Waals surface area contributed by atoms with E-state index in [9.17, 15) is 0 Å². The predicted molar refractivity (Wildman–Crippen MR) is 229 cm³/mol. The monoisotopic (exact) mass is 703 g/mol. The Morgan fingerprint density at radius 2 is 0.818 bits per heavy atom. The van der Waals surface area contributed by atoms with Gasteiger partial charge in [0.2, 0.25) is 0 Å². The van der Waals surface area contributed by atoms with Gasteiger partial charge in [0, 0.05) is 38.6 Å². The largest absolute Gasteiger partial charge is 0.456 e. The highest BCUT2D eigenvalue weighted by Crippen LogP contribution is 2.42. The number of fused-ring (bicyclic) bond motifs is 7. The van der Waals surface area contributed by atoms with E-state index < -0.39 is 0 Å². The fourth-order valence-corrected chi connectivity index (χ4v) is 8.25. The molecule has 258 valence electrons. The van der Waals surface area contributed by atoms with Gasteiger partial charge in [0.1, 0.15) is 22.3 Å². The predicted octanol–water partition coefficient (Wildman–Crippen LogP) is 15.1. The summed E-state index contributed by atoms with van der Waals surface area (Å²) in [4.78, 5) is 2.34. The Morgan fingerprint density at radius 3 is 1.62 bits per heavy atom. The fraction of sp³-hybridized carbons (Fsp3) is 0. The molecule has 0 fully saturated rings. The third-order valence-electron chi connectivity index (χ3n) is 10.9. The summed E-state index contributed by atoms with van der Waals surface area (Å²) in [7, 11) is 0. The van der Waals surface area contributed by atoms with Crippen molar-refractivity contribution in [2.45, 2.75) is 0 Å². The molecular weight excluding hydrogens is 671 g/mol. The number of para-hydroxylation sites is 2. The van der Waals surface area contributed by atoms with Crippen LogP contribution in [0.4, 0.5) is 17.1 Å². The van der Waals surface area contributed by atoms with E-state index in [1.165, 1.54) is 21.9 Å². The molecule has 0 saturated carbocycles. The van der Waals surface area contributed by atoms with Crippen LogP contribution in [-0.4, -0.2) is 0 Å². The SMILES string of the molecule is c1cc(-c2ccc3c(c2)oc2ccccc23)cc(N(c2ccc(-c3cccc4ccccc34)cc2)c2ccc(-c3cccc4oc5ccccc5c34)cc2)c1. The molecule has 0 atom stereocenters. The lowest BCUT2D eigenvalue weighted by atomic mass is 9.97. The van der Waals surface area contributed by atoms with Crippen molar-refractivity contribution in [3.63, 3.8) is 0 Å². The first-order valence-corrected chi connectivity index (χ1v) is 18.7. The van der Waals surface area contributed by atoms with Gasteiger partial charge in [0.25, 0.3) is 0 Å². The topological polar surface area (TPSA) is 29.5 Å². The number of anilines is 3. The van der Waals surface area contributed by atoms with Crippen molar-refractivity contribution in [3.05, 3.63) is 200 Å². The second-order valence-electron chi connectivity index (χ2n) is 14.1. The summed E-state index contributed by atoms with van der Waals surface area (Å²) >= 11 is 0. The lowest BCUT2D eigenvalue weighted by Gasteiger charge is -2.26. The lowest BCUT2D eigenvalue weighted by Crippen LogP contribution is -2.10. The Morgan fingerprint density at radius 1 is 0.291 bits per heavy atom. The molecule has 3 heteroatoms. The van der Waals surface area contributed by atoms with Crippen molar-refractivity contribution in [2.24, 2.45) is 0 Å². The number of rotatable bonds is 6. The molecule has 11 rings (SSSR count). The number of furan rings is 2. The summed E-state index contributed by atoms with van der Waals surface area (Å²) in [6.07, 6.45) is 0. The van der Waals surface area contributed by atoms with Gasteiger partial charge in [0.15, 0.2) is 0 Å². The summed E-state index contributed by atoms with van der Waals surface area (Å²) in [5.41, 5.74) is 13.7. The van der Waals surface area contributed by atoms with E-state index in [0.29, 0.717) is 0 Å². The molecule has 0 aliphatic rings. The van der Waals surface area contributed by atoms with Gasteiger partial charge in [-0.3, -0.25) is 0 Å². The maximum atomic E-state index is 6.28. The van der Waals surface area contributed by atoms with E-state index in [0.717, 1.165) is 83.2 Å². The number of nitrogens with zero attached hydrogens (tertiary/aromatic N) is 1. The van der Waals surface area contributed by atoms with Crippen LogP contribution in [0.15, 0.2) is 209 Å². The van der Waals surface area contributed by atoms with Crippen LogP contribution in [0, 0.1) is 0 Å². The van der Waals surface area contributed by atoms with E-state index in [4.69, 9.17) is 8.83 Å². The molecule has 11 aromatic rings. The molecule has 0 bridgehead atoms. The van der Waals surface area contributed by atoms with Crippen LogP contribution >= 0.6 is 0 Å². The van der Waals surface area contributed by atoms with Crippen LogP contribution < -0.4 is 4.90 Å². The molecule has 0 saturated heterocycles. The molecular formula is C52H33NO2. The normalized spacial score (nSPS) is 11.6. The van der Waals surface area contributed by atoms with Crippen molar-refractivity contribution in [3.8, 4) is 33.4 Å². The minimum Gasteiger partial charge on any atom is -0.456 e. The van der Waals surface area contributed by atoms with Gasteiger partial charge in [-0.25, -0.2) is 0 Å². The van der Waals surface area contributed by atoms with Crippen molar-refractivity contribution in [2.75, 3.05) is 4.90 Å². The maximum absolute atomic E-state index is 6.28. The Labute approximate surface area is 317 Å². The first-order valence-electron chi connectivity index (χ1n) is 18.7. The third-order valence-corrected chi connectivity index (χ3v) is 10.9. The second kappa shape index (κ2) is 12.6. The van der Waals surface area contributed by atoms with E-state index in [-0.39, 0.29) is 0 Å². The van der Waals surface area contributed by atoms with E-state index in [1.807, 2.05) is 24.3 Å². The summed E-state index contributed by atoms with van der Waals surface area (Å²) in [6, 6.07) is 71.1. The van der Waals surface area contributed by atoms with E-state index in [2.05, 4.69) is 181 Å². The zero-order chi connectivity index (χ0) is 36.3. The maximum Gasteiger partial charge on any atom is 0.136 e. The average Bonchev–Trinajstić information content (AvgIpc) is 3.82. The standard InChI is InChI=1S/C52H33NO2/c1-2-14-42-34(10-1)11-8-17-43(42)35-22-27-39(28-23-35)53(40-29-24-36(25-30-40)44-18-9-21-50-52(44)47-16-4-6-20-49(47)54-50)41-13-7-12-37(32-41)38-26-31-46-45-15-3-5-19-48(45)55-51(46)33-38/h1-33H. The minimum absolute atomic E-state index is 0.890. The third kappa shape index (κ3) is 5.28. The van der Waals surface area contributed by atoms with Crippen LogP contribution in [0.2, 0.25) is 0 Å². The van der Waals surface area contributed by atoms with Gasteiger partial charge < -0.3 is 13.7 Å². The Bertz CT molecular complexity index is 3200. The van der Waals surface area contributed by atoms with Gasteiger partial charge in [-0.2, -0.15) is 0 Å². The summed E-state index contributed by atoms with van der Waals surface area (Å²) in [5.74, 6) is 0. The van der Waals surface area contributed by atoms with Crippen LogP contribution in [0.25, 0.3) is 88.0 Å². The van der Waals surface area contributed by atoms with Crippen molar-refractivity contribution in [1.82, 2.24) is 0 Å². The smallest absolute Gasteiger partial charge is 0.136 e. The molecule has 0 spiro atoms. The lowest BCUT2D eigenvalue weighted by molar-refractivity contribution is 0.668. The number of hydrogen-bond donors (Lipinski definition) is 0. The molecule has 0 radical (unpaired) electrons. The molecule has 0 aliphatic heterocycles. The van der Waals surface area contributed by atoms with Crippen LogP contribution in [0.5, 0.6) is 0 Å². The van der Waals surface area contributed by atoms with Gasteiger partial charge in [-0.1, -0.05) is 133 Å². The van der Waals surface area contributed by atoms with Crippen molar-refractivity contribution in [1.29, 1.82) is 0 Å². The van der Waals surface area contributed by atoms with E-state index in [1.54, 1.807) is 0 Å². The van der Waals surface area contributed by atoms with Crippen LogP contribution in [0.1, 0.15) is 0 Å². The molecule has 0 unspecified atom stereocenters. The zero-order valence-corrected chi connectivity index (χ0v) is 29.8. The highest BCUT2D eigenvalue weighted by atomic mass is 16.3. The van der Waals surface area contributed by atoms with Crippen LogP contribution in [-0.2, 0) is 0 Å². The summed E-state index contributed by atoms with van der Waals surface area (Å²) in [5, 5.41) is 7.02. The first kappa shape index (κ1) is 31.2. The summed E-state index contributed by atoms with van der Waals surface area (Å²) in [6.45, 7) is 0. The molecule has 0 N–H and O–H groups in total. The Hall–Kier alpha value is -7.36. The zero-order valence-electron chi connectivity index (χ0n) is 29.8. The van der Waals surface area contributed by atoms with Gasteiger partial charge in [-0.05, 0) is 111 Å². The summed E-state index contributed by atoms with van der Waals surface area (Å²) < 4.78 is 12.5. The van der Waals surface area contributed by atoms with Gasteiger partial charge in [0.05, 0.1) is 0 Å². The minimum atomic E-state index is 0.890. The van der Waals surface area contributed by atoms with Crippen LogP contribution in [0.3, 0.4) is 0 Å². The quantitative estimate of drug-likeness (QED) is 0.173. The van der Waals surface area contributed by atoms with Gasteiger partial charge >= 0.3 is 0 Å². The van der Waals surface area contributed by atoms with Crippen molar-refractivity contribution < 1.29 is 8.83 Å². The molecule has 9 aromatic carbocycles. The highest BCUT2D eigenvalue weighted by molar-refractivity contribution is 6.12. The second-order valence-corrected chi connectivity index (χ2v) is 14.1. The Kier molecular flexibility index (Phi) is 7.17. The molecule has 2 heterocycles. The highest BCUT2D eigenvalue weighted by Gasteiger charge is 2.17. The first-order chi connectivity index (χ1) is 27.2. The molecule has 0 amide bonds. The average molecular weight is 704 g/mol. The molecule has 0 aliphatic carbocycles. The van der Waals surface area contributed by atoms with Crippen molar-refractivity contribution >= 4 is 71.7 Å². The number of hydrogen-bond acceptors (Lipinski definition) is 3.